The third-order valence-electron chi connectivity index (χ3n) is 2.74. The van der Waals surface area contributed by atoms with Crippen molar-refractivity contribution in [2.24, 2.45) is 0 Å². The van der Waals surface area contributed by atoms with Crippen LogP contribution in [0.15, 0.2) is 30.6 Å². The lowest BCUT2D eigenvalue weighted by Crippen LogP contribution is -2.09. The van der Waals surface area contributed by atoms with Crippen LogP contribution in [0.4, 0.5) is 11.5 Å². The number of hydrogen-bond acceptors (Lipinski definition) is 5. The Balaban J connectivity index is 2.26. The number of nitrogens with zero attached hydrogens (tertiary/aromatic N) is 2. The minimum absolute atomic E-state index is 0.0859. The first kappa shape index (κ1) is 14.6. The number of ether oxygens (including phenoxy) is 1. The standard InChI is InChI=1S/C14H16N4O3/c1-3-21-14(20)12-13(15)18(8-16-12)11-6-4-10(5-7-11)17-9(2)19/h4-8H,3,15H2,1-2H3,(H,17,19). The average Bonchev–Trinajstić information content (AvgIpc) is 2.81. The van der Waals surface area contributed by atoms with E-state index in [0.717, 1.165) is 5.69 Å². The number of rotatable bonds is 4. The van der Waals surface area contributed by atoms with Crippen LogP contribution in [0.2, 0.25) is 0 Å². The molecule has 1 aromatic heterocycles. The van der Waals surface area contributed by atoms with E-state index in [0.29, 0.717) is 5.69 Å². The highest BCUT2D eigenvalue weighted by molar-refractivity contribution is 5.92. The van der Waals surface area contributed by atoms with Crippen molar-refractivity contribution in [3.8, 4) is 5.69 Å². The van der Waals surface area contributed by atoms with E-state index < -0.39 is 5.97 Å². The summed E-state index contributed by atoms with van der Waals surface area (Å²) in [4.78, 5) is 26.6. The van der Waals surface area contributed by atoms with Crippen LogP contribution in [0.3, 0.4) is 0 Å². The third-order valence-corrected chi connectivity index (χ3v) is 2.74. The number of nitrogens with one attached hydrogen (secondary N) is 1. The Bertz CT molecular complexity index is 661. The van der Waals surface area contributed by atoms with Crippen LogP contribution in [0, 0.1) is 0 Å². The maximum Gasteiger partial charge on any atom is 0.360 e. The van der Waals surface area contributed by atoms with Gasteiger partial charge in [-0.1, -0.05) is 0 Å². The van der Waals surface area contributed by atoms with Crippen LogP contribution in [-0.4, -0.2) is 28.0 Å². The van der Waals surface area contributed by atoms with Gasteiger partial charge in [0.1, 0.15) is 12.1 Å². The molecule has 0 fully saturated rings. The van der Waals surface area contributed by atoms with Gasteiger partial charge < -0.3 is 15.8 Å². The Labute approximate surface area is 121 Å². The first-order chi connectivity index (χ1) is 10.0. The van der Waals surface area contributed by atoms with E-state index in [1.807, 2.05) is 0 Å². The zero-order valence-corrected chi connectivity index (χ0v) is 11.8. The number of carbonyl (C=O) groups is 2. The largest absolute Gasteiger partial charge is 0.461 e. The molecule has 3 N–H and O–H groups in total. The SMILES string of the molecule is CCOC(=O)c1ncn(-c2ccc(NC(C)=O)cc2)c1N. The fourth-order valence-electron chi connectivity index (χ4n) is 1.83. The molecule has 0 saturated carbocycles. The maximum atomic E-state index is 11.7. The molecule has 0 radical (unpaired) electrons. The summed E-state index contributed by atoms with van der Waals surface area (Å²) in [7, 11) is 0. The number of imidazole rings is 1. The first-order valence-corrected chi connectivity index (χ1v) is 6.41. The van der Waals surface area contributed by atoms with Gasteiger partial charge in [0.05, 0.1) is 6.61 Å². The van der Waals surface area contributed by atoms with Gasteiger partial charge >= 0.3 is 5.97 Å². The smallest absolute Gasteiger partial charge is 0.360 e. The van der Waals surface area contributed by atoms with Crippen LogP contribution in [0.1, 0.15) is 24.3 Å². The van der Waals surface area contributed by atoms with E-state index in [9.17, 15) is 9.59 Å². The van der Waals surface area contributed by atoms with Gasteiger partial charge in [-0.05, 0) is 31.2 Å². The number of esters is 1. The predicted octanol–water partition coefficient (Wildman–Crippen LogP) is 1.59. The second-order valence-electron chi connectivity index (χ2n) is 4.30. The van der Waals surface area contributed by atoms with Gasteiger partial charge in [-0.15, -0.1) is 0 Å². The molecule has 1 amide bonds. The van der Waals surface area contributed by atoms with Gasteiger partial charge in [0.2, 0.25) is 5.91 Å². The number of amides is 1. The number of aromatic nitrogens is 2. The number of carbonyl (C=O) groups excluding carboxylic acids is 2. The van der Waals surface area contributed by atoms with Crippen LogP contribution < -0.4 is 11.1 Å². The molecular formula is C14H16N4O3. The number of benzene rings is 1. The maximum absolute atomic E-state index is 11.7. The zero-order chi connectivity index (χ0) is 15.4. The Kier molecular flexibility index (Phi) is 4.22. The van der Waals surface area contributed by atoms with Gasteiger partial charge in [-0.25, -0.2) is 9.78 Å². The highest BCUT2D eigenvalue weighted by Crippen LogP contribution is 2.19. The summed E-state index contributed by atoms with van der Waals surface area (Å²) in [6, 6.07) is 7.00. The average molecular weight is 288 g/mol. The minimum Gasteiger partial charge on any atom is -0.461 e. The molecule has 0 aliphatic rings. The Hall–Kier alpha value is -2.83. The fraction of sp³-hybridized carbons (Fsp3) is 0.214. The van der Waals surface area contributed by atoms with E-state index in [1.165, 1.54) is 13.3 Å². The van der Waals surface area contributed by atoms with Gasteiger partial charge in [-0.3, -0.25) is 9.36 Å². The second kappa shape index (κ2) is 6.08. The molecule has 0 saturated heterocycles. The molecule has 0 unspecified atom stereocenters. The van der Waals surface area contributed by atoms with Crippen LogP contribution in [0.5, 0.6) is 0 Å². The van der Waals surface area contributed by atoms with Crippen LogP contribution in [-0.2, 0) is 9.53 Å². The third kappa shape index (κ3) is 3.19. The van der Waals surface area contributed by atoms with Gasteiger partial charge in [0.25, 0.3) is 0 Å². The molecule has 2 rings (SSSR count). The van der Waals surface area contributed by atoms with Gasteiger partial charge in [0.15, 0.2) is 5.69 Å². The lowest BCUT2D eigenvalue weighted by atomic mass is 10.2. The number of anilines is 2. The van der Waals surface area contributed by atoms with Gasteiger partial charge in [0, 0.05) is 18.3 Å². The van der Waals surface area contributed by atoms with Crippen molar-refractivity contribution < 1.29 is 14.3 Å². The molecule has 21 heavy (non-hydrogen) atoms. The Morgan fingerprint density at radius 3 is 2.57 bits per heavy atom. The first-order valence-electron chi connectivity index (χ1n) is 6.41. The summed E-state index contributed by atoms with van der Waals surface area (Å²) >= 11 is 0. The number of hydrogen-bond donors (Lipinski definition) is 2. The highest BCUT2D eigenvalue weighted by atomic mass is 16.5. The van der Waals surface area contributed by atoms with Gasteiger partial charge in [-0.2, -0.15) is 0 Å². The van der Waals surface area contributed by atoms with E-state index in [1.54, 1.807) is 35.8 Å². The lowest BCUT2D eigenvalue weighted by molar-refractivity contribution is -0.114. The van der Waals surface area contributed by atoms with Crippen molar-refractivity contribution in [3.05, 3.63) is 36.3 Å². The molecule has 0 bridgehead atoms. The van der Waals surface area contributed by atoms with E-state index in [2.05, 4.69) is 10.3 Å². The van der Waals surface area contributed by atoms with E-state index >= 15 is 0 Å². The second-order valence-corrected chi connectivity index (χ2v) is 4.30. The molecule has 0 spiro atoms. The summed E-state index contributed by atoms with van der Waals surface area (Å²) in [5.41, 5.74) is 7.40. The van der Waals surface area contributed by atoms with Crippen molar-refractivity contribution in [2.45, 2.75) is 13.8 Å². The van der Waals surface area contributed by atoms with E-state index in [-0.39, 0.29) is 24.0 Å². The summed E-state index contributed by atoms with van der Waals surface area (Å²) in [6.45, 7) is 3.41. The van der Waals surface area contributed by atoms with Crippen molar-refractivity contribution in [1.82, 2.24) is 9.55 Å². The summed E-state index contributed by atoms with van der Waals surface area (Å²) in [6.07, 6.45) is 1.45. The minimum atomic E-state index is -0.552. The van der Waals surface area contributed by atoms with Crippen LogP contribution in [0.25, 0.3) is 5.69 Å². The quantitative estimate of drug-likeness (QED) is 0.832. The molecule has 7 heteroatoms. The normalized spacial score (nSPS) is 10.2. The van der Waals surface area contributed by atoms with Crippen molar-refractivity contribution >= 4 is 23.4 Å². The Morgan fingerprint density at radius 1 is 1.33 bits per heavy atom. The Morgan fingerprint density at radius 2 is 2.00 bits per heavy atom. The van der Waals surface area contributed by atoms with Crippen molar-refractivity contribution in [1.29, 1.82) is 0 Å². The highest BCUT2D eigenvalue weighted by Gasteiger charge is 2.17. The molecule has 1 aromatic carbocycles. The van der Waals surface area contributed by atoms with Crippen molar-refractivity contribution in [3.63, 3.8) is 0 Å². The molecule has 110 valence electrons. The van der Waals surface area contributed by atoms with E-state index in [4.69, 9.17) is 10.5 Å². The zero-order valence-electron chi connectivity index (χ0n) is 11.8. The molecule has 2 aromatic rings. The van der Waals surface area contributed by atoms with Crippen LogP contribution >= 0.6 is 0 Å². The topological polar surface area (TPSA) is 99.2 Å². The monoisotopic (exact) mass is 288 g/mol. The number of nitrogens with two attached hydrogens (primary N) is 1. The lowest BCUT2D eigenvalue weighted by Gasteiger charge is -2.07. The molecule has 0 aliphatic carbocycles. The number of nitrogen functional groups attached to an aromatic ring is 1. The molecule has 0 atom stereocenters. The summed E-state index contributed by atoms with van der Waals surface area (Å²) < 4.78 is 6.45. The molecule has 0 aliphatic heterocycles. The fourth-order valence-corrected chi connectivity index (χ4v) is 1.83. The summed E-state index contributed by atoms with van der Waals surface area (Å²) in [5, 5.41) is 2.67. The molecule has 1 heterocycles. The summed E-state index contributed by atoms with van der Waals surface area (Å²) in [5.74, 6) is -0.487. The molecular weight excluding hydrogens is 272 g/mol. The molecule has 7 nitrogen and oxygen atoms in total. The van der Waals surface area contributed by atoms with Crippen molar-refractivity contribution in [2.75, 3.05) is 17.7 Å². The predicted molar refractivity (Wildman–Crippen MR) is 78.2 cm³/mol.